The summed E-state index contributed by atoms with van der Waals surface area (Å²) in [4.78, 5) is 11.8. The minimum Gasteiger partial charge on any atom is -0.455 e. The van der Waals surface area contributed by atoms with Crippen LogP contribution in [0.4, 0.5) is 0 Å². The van der Waals surface area contributed by atoms with Gasteiger partial charge in [-0.1, -0.05) is 41.9 Å². The van der Waals surface area contributed by atoms with Gasteiger partial charge < -0.3 is 14.8 Å². The highest BCUT2D eigenvalue weighted by atomic mass is 35.5. The Morgan fingerprint density at radius 2 is 1.95 bits per heavy atom. The van der Waals surface area contributed by atoms with E-state index in [1.165, 1.54) is 0 Å². The molecular weight excluding hydrogens is 290 g/mol. The summed E-state index contributed by atoms with van der Waals surface area (Å²) >= 11 is 6.07. The van der Waals surface area contributed by atoms with Crippen LogP contribution in [0.1, 0.15) is 17.2 Å². The van der Waals surface area contributed by atoms with E-state index in [1.807, 2.05) is 30.3 Å². The number of ether oxygens (including phenoxy) is 2. The van der Waals surface area contributed by atoms with Crippen molar-refractivity contribution in [2.24, 2.45) is 0 Å². The molecule has 2 atom stereocenters. The molecule has 0 aliphatic carbocycles. The van der Waals surface area contributed by atoms with Gasteiger partial charge in [0.2, 0.25) is 0 Å². The summed E-state index contributed by atoms with van der Waals surface area (Å²) in [5.41, 5.74) is 1.76. The summed E-state index contributed by atoms with van der Waals surface area (Å²) in [6.07, 6.45) is -1.37. The predicted octanol–water partition coefficient (Wildman–Crippen LogP) is 2.91. The lowest BCUT2D eigenvalue weighted by molar-refractivity contribution is -0.165. The minimum absolute atomic E-state index is 0.323. The Kier molecular flexibility index (Phi) is 3.82. The molecule has 1 N–H and O–H groups in total. The van der Waals surface area contributed by atoms with Gasteiger partial charge in [0.15, 0.2) is 0 Å². The van der Waals surface area contributed by atoms with E-state index in [0.29, 0.717) is 10.8 Å². The van der Waals surface area contributed by atoms with Crippen molar-refractivity contribution >= 4 is 17.5 Å². The molecule has 5 heteroatoms. The topological polar surface area (TPSA) is 47.6 Å². The summed E-state index contributed by atoms with van der Waals surface area (Å²) < 4.78 is 11.4. The lowest BCUT2D eigenvalue weighted by Gasteiger charge is -2.32. The van der Waals surface area contributed by atoms with Crippen molar-refractivity contribution in [1.82, 2.24) is 5.32 Å². The molecule has 4 nitrogen and oxygen atoms in total. The number of nitrogens with one attached hydrogen (secondary N) is 1. The number of benzene rings is 2. The molecule has 0 radical (unpaired) electrons. The van der Waals surface area contributed by atoms with Crippen molar-refractivity contribution in [3.63, 3.8) is 0 Å². The molecule has 1 aliphatic heterocycles. The lowest BCUT2D eigenvalue weighted by Crippen LogP contribution is -2.41. The summed E-state index contributed by atoms with van der Waals surface area (Å²) in [6.45, 7) is 0. The Hall–Kier alpha value is -2.04. The van der Waals surface area contributed by atoms with Gasteiger partial charge in [0.05, 0.1) is 0 Å². The van der Waals surface area contributed by atoms with Gasteiger partial charge in [-0.15, -0.1) is 0 Å². The summed E-state index contributed by atoms with van der Waals surface area (Å²) in [7, 11) is 1.55. The van der Waals surface area contributed by atoms with Crippen molar-refractivity contribution < 1.29 is 14.3 Å². The number of halogens is 1. The maximum atomic E-state index is 11.8. The van der Waals surface area contributed by atoms with E-state index in [9.17, 15) is 4.79 Å². The van der Waals surface area contributed by atoms with E-state index in [-0.39, 0.29) is 5.91 Å². The molecule has 1 heterocycles. The third-order valence-electron chi connectivity index (χ3n) is 3.31. The molecule has 0 saturated carbocycles. The molecule has 0 fully saturated rings. The van der Waals surface area contributed by atoms with Crippen LogP contribution in [0.25, 0.3) is 0 Å². The van der Waals surface area contributed by atoms with Gasteiger partial charge in [0, 0.05) is 17.6 Å². The second-order valence-electron chi connectivity index (χ2n) is 4.67. The zero-order valence-electron chi connectivity index (χ0n) is 11.4. The van der Waals surface area contributed by atoms with Crippen LogP contribution in [-0.4, -0.2) is 19.2 Å². The number of fused-ring (bicyclic) bond motifs is 1. The first-order valence-corrected chi connectivity index (χ1v) is 6.95. The summed E-state index contributed by atoms with van der Waals surface area (Å²) in [6, 6.07) is 15.0. The van der Waals surface area contributed by atoms with Gasteiger partial charge in [-0.2, -0.15) is 0 Å². The number of carbonyl (C=O) groups is 1. The molecule has 1 amide bonds. The fourth-order valence-electron chi connectivity index (χ4n) is 2.29. The second kappa shape index (κ2) is 5.76. The Morgan fingerprint density at radius 1 is 1.19 bits per heavy atom. The predicted molar refractivity (Wildman–Crippen MR) is 79.3 cm³/mol. The van der Waals surface area contributed by atoms with Crippen LogP contribution in [0.15, 0.2) is 48.5 Å². The average Bonchev–Trinajstić information content (AvgIpc) is 2.54. The molecule has 0 bridgehead atoms. The third-order valence-corrected chi connectivity index (χ3v) is 3.55. The van der Waals surface area contributed by atoms with Gasteiger partial charge >= 0.3 is 0 Å². The smallest absolute Gasteiger partial charge is 0.289 e. The Morgan fingerprint density at radius 3 is 2.67 bits per heavy atom. The van der Waals surface area contributed by atoms with E-state index in [4.69, 9.17) is 21.1 Å². The first-order valence-electron chi connectivity index (χ1n) is 6.57. The quantitative estimate of drug-likeness (QED) is 0.928. The van der Waals surface area contributed by atoms with E-state index < -0.39 is 12.4 Å². The van der Waals surface area contributed by atoms with Crippen LogP contribution < -0.4 is 10.1 Å². The van der Waals surface area contributed by atoms with E-state index in [0.717, 1.165) is 11.1 Å². The van der Waals surface area contributed by atoms with Crippen LogP contribution in [0, 0.1) is 0 Å². The first-order chi connectivity index (χ1) is 10.2. The Bertz CT molecular complexity index is 660. The van der Waals surface area contributed by atoms with Crippen LogP contribution >= 0.6 is 11.6 Å². The molecule has 0 spiro atoms. The SMILES string of the molecule is CNC(=O)[C@H]1Oc2ccc(Cl)cc2[C@@H](c2ccccc2)O1. The molecule has 1 aliphatic rings. The third kappa shape index (κ3) is 2.73. The van der Waals surface area contributed by atoms with Gasteiger partial charge in [-0.25, -0.2) is 0 Å². The van der Waals surface area contributed by atoms with Crippen molar-refractivity contribution in [1.29, 1.82) is 0 Å². The standard InChI is InChI=1S/C16H14ClNO3/c1-18-15(19)16-20-13-8-7-11(17)9-12(13)14(21-16)10-5-3-2-4-6-10/h2-9,14,16H,1H3,(H,18,19)/t14-,16+/m1/s1. The summed E-state index contributed by atoms with van der Waals surface area (Å²) in [5.74, 6) is 0.282. The van der Waals surface area contributed by atoms with Crippen LogP contribution in [0.5, 0.6) is 5.75 Å². The molecule has 2 aromatic rings. The average molecular weight is 304 g/mol. The van der Waals surface area contributed by atoms with Crippen molar-refractivity contribution in [3.8, 4) is 5.75 Å². The minimum atomic E-state index is -0.978. The summed E-state index contributed by atoms with van der Waals surface area (Å²) in [5, 5.41) is 3.13. The fourth-order valence-corrected chi connectivity index (χ4v) is 2.47. The lowest BCUT2D eigenvalue weighted by atomic mass is 9.99. The molecular formula is C16H14ClNO3. The largest absolute Gasteiger partial charge is 0.455 e. The van der Waals surface area contributed by atoms with Gasteiger partial charge in [0.1, 0.15) is 11.9 Å². The van der Waals surface area contributed by atoms with Crippen LogP contribution in [-0.2, 0) is 9.53 Å². The number of carbonyl (C=O) groups excluding carboxylic acids is 1. The van der Waals surface area contributed by atoms with Crippen molar-refractivity contribution in [2.75, 3.05) is 7.05 Å². The number of amides is 1. The molecule has 2 aromatic carbocycles. The van der Waals surface area contributed by atoms with Crippen molar-refractivity contribution in [2.45, 2.75) is 12.4 Å². The first kappa shape index (κ1) is 13.9. The highest BCUT2D eigenvalue weighted by Crippen LogP contribution is 2.39. The maximum Gasteiger partial charge on any atom is 0.289 e. The molecule has 0 unspecified atom stereocenters. The number of likely N-dealkylation sites (N-methyl/N-ethyl adjacent to an activating group) is 1. The number of hydrogen-bond acceptors (Lipinski definition) is 3. The molecule has 3 rings (SSSR count). The van der Waals surface area contributed by atoms with E-state index in [1.54, 1.807) is 25.2 Å². The van der Waals surface area contributed by atoms with Crippen molar-refractivity contribution in [3.05, 3.63) is 64.7 Å². The fraction of sp³-hybridized carbons (Fsp3) is 0.188. The molecule has 21 heavy (non-hydrogen) atoms. The normalized spacial score (nSPS) is 20.3. The zero-order chi connectivity index (χ0) is 14.8. The Labute approximate surface area is 127 Å². The van der Waals surface area contributed by atoms with E-state index >= 15 is 0 Å². The van der Waals surface area contributed by atoms with E-state index in [2.05, 4.69) is 5.32 Å². The number of rotatable bonds is 2. The molecule has 0 aromatic heterocycles. The monoisotopic (exact) mass is 303 g/mol. The zero-order valence-corrected chi connectivity index (χ0v) is 12.1. The molecule has 108 valence electrons. The Balaban J connectivity index is 2.05. The molecule has 0 saturated heterocycles. The number of hydrogen-bond donors (Lipinski definition) is 1. The van der Waals surface area contributed by atoms with Gasteiger partial charge in [0.25, 0.3) is 12.2 Å². The van der Waals surface area contributed by atoms with Crippen LogP contribution in [0.2, 0.25) is 5.02 Å². The second-order valence-corrected chi connectivity index (χ2v) is 5.11. The van der Waals surface area contributed by atoms with Gasteiger partial charge in [-0.3, -0.25) is 4.79 Å². The highest BCUT2D eigenvalue weighted by molar-refractivity contribution is 6.30. The highest BCUT2D eigenvalue weighted by Gasteiger charge is 2.33. The maximum absolute atomic E-state index is 11.8. The van der Waals surface area contributed by atoms with Crippen LogP contribution in [0.3, 0.4) is 0 Å². The van der Waals surface area contributed by atoms with Gasteiger partial charge in [-0.05, 0) is 23.8 Å².